The molecule has 0 fully saturated rings. The highest BCUT2D eigenvalue weighted by Crippen LogP contribution is 1.68. The Morgan fingerprint density at radius 3 is 2.75 bits per heavy atom. The van der Waals surface area contributed by atoms with Crippen molar-refractivity contribution in [2.24, 2.45) is 0 Å². The SMILES string of the molecule is C/C=C\C(=O)NCC. The first-order valence-corrected chi connectivity index (χ1v) is 2.71. The smallest absolute Gasteiger partial charge is 0.243 e. The summed E-state index contributed by atoms with van der Waals surface area (Å²) in [5.41, 5.74) is 0. The highest BCUT2D eigenvalue weighted by molar-refractivity contribution is 5.87. The molecule has 0 atom stereocenters. The van der Waals surface area contributed by atoms with Gasteiger partial charge in [-0.15, -0.1) is 0 Å². The number of likely N-dealkylation sites (N-methyl/N-ethyl adjacent to an activating group) is 1. The third-order valence-electron chi connectivity index (χ3n) is 0.669. The van der Waals surface area contributed by atoms with E-state index in [1.54, 1.807) is 6.08 Å². The van der Waals surface area contributed by atoms with Crippen LogP contribution in [0.25, 0.3) is 0 Å². The van der Waals surface area contributed by atoms with Gasteiger partial charge in [0.1, 0.15) is 0 Å². The summed E-state index contributed by atoms with van der Waals surface area (Å²) in [6, 6.07) is 0. The summed E-state index contributed by atoms with van der Waals surface area (Å²) in [5, 5.41) is 2.62. The molecule has 0 aliphatic carbocycles. The largest absolute Gasteiger partial charge is 0.353 e. The molecule has 0 aromatic carbocycles. The monoisotopic (exact) mass is 113 g/mol. The summed E-state index contributed by atoms with van der Waals surface area (Å²) in [4.78, 5) is 10.4. The fourth-order valence-corrected chi connectivity index (χ4v) is 0.385. The minimum atomic E-state index is -0.0185. The van der Waals surface area contributed by atoms with Gasteiger partial charge < -0.3 is 5.32 Å². The van der Waals surface area contributed by atoms with Crippen LogP contribution in [0.5, 0.6) is 0 Å². The molecule has 0 aromatic heterocycles. The van der Waals surface area contributed by atoms with E-state index in [0.717, 1.165) is 0 Å². The lowest BCUT2D eigenvalue weighted by atomic mass is 10.5. The van der Waals surface area contributed by atoms with Crippen molar-refractivity contribution in [1.29, 1.82) is 0 Å². The second kappa shape index (κ2) is 4.37. The number of hydrogen-bond acceptors (Lipinski definition) is 1. The van der Waals surface area contributed by atoms with Crippen LogP contribution in [0.1, 0.15) is 13.8 Å². The van der Waals surface area contributed by atoms with Gasteiger partial charge in [0.15, 0.2) is 0 Å². The molecule has 0 saturated heterocycles. The van der Waals surface area contributed by atoms with Gasteiger partial charge in [-0.1, -0.05) is 6.08 Å². The molecule has 0 bridgehead atoms. The van der Waals surface area contributed by atoms with Crippen molar-refractivity contribution in [1.82, 2.24) is 5.32 Å². The summed E-state index contributed by atoms with van der Waals surface area (Å²) in [6.45, 7) is 4.40. The molecule has 0 aliphatic rings. The van der Waals surface area contributed by atoms with Crippen LogP contribution in [0, 0.1) is 0 Å². The van der Waals surface area contributed by atoms with Gasteiger partial charge in [0, 0.05) is 6.54 Å². The third-order valence-corrected chi connectivity index (χ3v) is 0.669. The Morgan fingerprint density at radius 2 is 2.38 bits per heavy atom. The van der Waals surface area contributed by atoms with Crippen molar-refractivity contribution in [3.8, 4) is 0 Å². The summed E-state index contributed by atoms with van der Waals surface area (Å²) >= 11 is 0. The maximum absolute atomic E-state index is 10.4. The van der Waals surface area contributed by atoms with E-state index in [1.807, 2.05) is 13.8 Å². The van der Waals surface area contributed by atoms with Crippen LogP contribution in [-0.4, -0.2) is 12.5 Å². The second-order valence-corrected chi connectivity index (χ2v) is 1.39. The first-order valence-electron chi connectivity index (χ1n) is 2.71. The molecule has 0 aromatic rings. The van der Waals surface area contributed by atoms with E-state index in [-0.39, 0.29) is 5.91 Å². The summed E-state index contributed by atoms with van der Waals surface area (Å²) in [5.74, 6) is -0.0185. The molecule has 0 spiro atoms. The van der Waals surface area contributed by atoms with Gasteiger partial charge in [-0.2, -0.15) is 0 Å². The molecule has 0 saturated carbocycles. The van der Waals surface area contributed by atoms with E-state index in [9.17, 15) is 4.79 Å². The van der Waals surface area contributed by atoms with Crippen LogP contribution in [0.4, 0.5) is 0 Å². The van der Waals surface area contributed by atoms with Gasteiger partial charge in [0.25, 0.3) is 0 Å². The van der Waals surface area contributed by atoms with Crippen LogP contribution >= 0.6 is 0 Å². The van der Waals surface area contributed by atoms with Gasteiger partial charge >= 0.3 is 0 Å². The zero-order valence-electron chi connectivity index (χ0n) is 5.27. The lowest BCUT2D eigenvalue weighted by Crippen LogP contribution is -2.19. The lowest BCUT2D eigenvalue weighted by molar-refractivity contribution is -0.116. The number of carbonyl (C=O) groups excluding carboxylic acids is 1. The maximum Gasteiger partial charge on any atom is 0.243 e. The van der Waals surface area contributed by atoms with Crippen molar-refractivity contribution >= 4 is 5.91 Å². The molecule has 0 aliphatic heterocycles. The Balaban J connectivity index is 3.33. The topological polar surface area (TPSA) is 29.1 Å². The first-order chi connectivity index (χ1) is 3.81. The molecule has 0 unspecified atom stereocenters. The average Bonchev–Trinajstić information content (AvgIpc) is 1.68. The predicted molar refractivity (Wildman–Crippen MR) is 33.5 cm³/mol. The quantitative estimate of drug-likeness (QED) is 0.525. The van der Waals surface area contributed by atoms with Gasteiger partial charge in [0.05, 0.1) is 0 Å². The van der Waals surface area contributed by atoms with Crippen LogP contribution in [0.3, 0.4) is 0 Å². The number of carbonyl (C=O) groups is 1. The van der Waals surface area contributed by atoms with E-state index in [2.05, 4.69) is 5.32 Å². The standard InChI is InChI=1S/C6H11NO/c1-3-5-6(8)7-4-2/h3,5H,4H2,1-2H3,(H,7,8)/b5-3-. The molecule has 2 heteroatoms. The molecular weight excluding hydrogens is 102 g/mol. The van der Waals surface area contributed by atoms with Crippen molar-refractivity contribution in [3.05, 3.63) is 12.2 Å². The van der Waals surface area contributed by atoms with Crippen molar-refractivity contribution < 1.29 is 4.79 Å². The number of allylic oxidation sites excluding steroid dienone is 1. The number of amides is 1. The van der Waals surface area contributed by atoms with Crippen LogP contribution < -0.4 is 5.32 Å². The minimum Gasteiger partial charge on any atom is -0.353 e. The maximum atomic E-state index is 10.4. The first kappa shape index (κ1) is 7.21. The highest BCUT2D eigenvalue weighted by Gasteiger charge is 1.85. The third kappa shape index (κ3) is 3.40. The molecule has 1 N–H and O–H groups in total. The van der Waals surface area contributed by atoms with Crippen molar-refractivity contribution in [3.63, 3.8) is 0 Å². The molecular formula is C6H11NO. The second-order valence-electron chi connectivity index (χ2n) is 1.39. The molecule has 46 valence electrons. The Bertz CT molecular complexity index is 96.7. The fourth-order valence-electron chi connectivity index (χ4n) is 0.385. The fraction of sp³-hybridized carbons (Fsp3) is 0.500. The molecule has 0 heterocycles. The molecule has 2 nitrogen and oxygen atoms in total. The lowest BCUT2D eigenvalue weighted by Gasteiger charge is -1.91. The van der Waals surface area contributed by atoms with Gasteiger partial charge in [0.2, 0.25) is 5.91 Å². The summed E-state index contributed by atoms with van der Waals surface area (Å²) < 4.78 is 0. The predicted octanol–water partition coefficient (Wildman–Crippen LogP) is 0.699. The van der Waals surface area contributed by atoms with Crippen LogP contribution in [0.2, 0.25) is 0 Å². The Kier molecular flexibility index (Phi) is 3.94. The molecule has 1 amide bonds. The highest BCUT2D eigenvalue weighted by atomic mass is 16.1. The zero-order chi connectivity index (χ0) is 6.41. The van der Waals surface area contributed by atoms with E-state index in [4.69, 9.17) is 0 Å². The number of nitrogens with one attached hydrogen (secondary N) is 1. The Labute approximate surface area is 49.6 Å². The Morgan fingerprint density at radius 1 is 1.75 bits per heavy atom. The Hall–Kier alpha value is -0.790. The zero-order valence-corrected chi connectivity index (χ0v) is 5.27. The van der Waals surface area contributed by atoms with E-state index in [1.165, 1.54) is 6.08 Å². The molecule has 0 radical (unpaired) electrons. The van der Waals surface area contributed by atoms with Gasteiger partial charge in [-0.25, -0.2) is 0 Å². The normalized spacial score (nSPS) is 9.75. The van der Waals surface area contributed by atoms with Crippen LogP contribution in [0.15, 0.2) is 12.2 Å². The van der Waals surface area contributed by atoms with Crippen molar-refractivity contribution in [2.45, 2.75) is 13.8 Å². The molecule has 0 rings (SSSR count). The van der Waals surface area contributed by atoms with E-state index in [0.29, 0.717) is 6.54 Å². The van der Waals surface area contributed by atoms with E-state index >= 15 is 0 Å². The number of rotatable bonds is 2. The average molecular weight is 113 g/mol. The van der Waals surface area contributed by atoms with Gasteiger partial charge in [-0.3, -0.25) is 4.79 Å². The van der Waals surface area contributed by atoms with E-state index < -0.39 is 0 Å². The molecule has 8 heavy (non-hydrogen) atoms. The summed E-state index contributed by atoms with van der Waals surface area (Å²) in [6.07, 6.45) is 3.22. The van der Waals surface area contributed by atoms with Crippen LogP contribution in [-0.2, 0) is 4.79 Å². The minimum absolute atomic E-state index is 0.0185. The summed E-state index contributed by atoms with van der Waals surface area (Å²) in [7, 11) is 0. The van der Waals surface area contributed by atoms with Gasteiger partial charge in [-0.05, 0) is 19.9 Å². The number of hydrogen-bond donors (Lipinski definition) is 1. The van der Waals surface area contributed by atoms with Crippen molar-refractivity contribution in [2.75, 3.05) is 6.54 Å².